The molecule has 0 aliphatic rings. The van der Waals surface area contributed by atoms with Crippen molar-refractivity contribution in [1.82, 2.24) is 10.2 Å². The summed E-state index contributed by atoms with van der Waals surface area (Å²) < 4.78 is 9.97. The molecule has 2 N–H and O–H groups in total. The normalized spacial score (nSPS) is 10.6. The molecule has 1 aromatic rings. The molecule has 6 nitrogen and oxygen atoms in total. The minimum atomic E-state index is -0.0769. The Bertz CT molecular complexity index is 437. The van der Waals surface area contributed by atoms with Crippen LogP contribution >= 0.6 is 0 Å². The Kier molecular flexibility index (Phi) is 6.83. The van der Waals surface area contributed by atoms with Crippen LogP contribution in [0.3, 0.4) is 0 Å². The van der Waals surface area contributed by atoms with E-state index in [1.165, 1.54) is 0 Å². The van der Waals surface area contributed by atoms with Gasteiger partial charge in [0, 0.05) is 25.8 Å². The number of amides is 1. The van der Waals surface area contributed by atoms with E-state index in [2.05, 4.69) is 5.32 Å². The summed E-state index contributed by atoms with van der Waals surface area (Å²) >= 11 is 0. The minimum absolute atomic E-state index is 0.0769. The number of ether oxygens (including phenoxy) is 2. The lowest BCUT2D eigenvalue weighted by Gasteiger charge is -2.17. The van der Waals surface area contributed by atoms with Gasteiger partial charge in [-0.15, -0.1) is 0 Å². The van der Waals surface area contributed by atoms with Gasteiger partial charge >= 0.3 is 0 Å². The summed E-state index contributed by atoms with van der Waals surface area (Å²) in [6.45, 7) is 1.70. The van der Waals surface area contributed by atoms with E-state index in [1.807, 2.05) is 11.9 Å². The zero-order valence-electron chi connectivity index (χ0n) is 12.2. The number of aromatic hydroxyl groups is 1. The van der Waals surface area contributed by atoms with Crippen molar-refractivity contribution in [2.24, 2.45) is 0 Å². The second-order valence-corrected chi connectivity index (χ2v) is 4.51. The number of methoxy groups -OCH3 is 2. The van der Waals surface area contributed by atoms with Crippen molar-refractivity contribution in [2.75, 3.05) is 41.0 Å². The van der Waals surface area contributed by atoms with Crippen molar-refractivity contribution < 1.29 is 19.4 Å². The Labute approximate surface area is 119 Å². The Hall–Kier alpha value is -1.79. The Morgan fingerprint density at radius 1 is 1.40 bits per heavy atom. The van der Waals surface area contributed by atoms with E-state index in [-0.39, 0.29) is 18.2 Å². The molecule has 0 saturated carbocycles. The number of carbonyl (C=O) groups is 1. The fourth-order valence-corrected chi connectivity index (χ4v) is 1.76. The van der Waals surface area contributed by atoms with Gasteiger partial charge in [-0.1, -0.05) is 0 Å². The number of likely N-dealkylation sites (N-methyl/N-ethyl adjacent to an activating group) is 1. The molecule has 0 radical (unpaired) electrons. The lowest BCUT2D eigenvalue weighted by atomic mass is 10.2. The first-order valence-electron chi connectivity index (χ1n) is 6.37. The van der Waals surface area contributed by atoms with E-state index in [0.717, 1.165) is 5.56 Å². The van der Waals surface area contributed by atoms with Crippen LogP contribution < -0.4 is 10.1 Å². The van der Waals surface area contributed by atoms with Crippen LogP contribution in [0.5, 0.6) is 11.5 Å². The van der Waals surface area contributed by atoms with Crippen molar-refractivity contribution in [3.63, 3.8) is 0 Å². The highest BCUT2D eigenvalue weighted by atomic mass is 16.5. The maximum atomic E-state index is 11.6. The van der Waals surface area contributed by atoms with Gasteiger partial charge in [0.15, 0.2) is 0 Å². The molecule has 0 unspecified atom stereocenters. The first-order valence-corrected chi connectivity index (χ1v) is 6.37. The zero-order chi connectivity index (χ0) is 15.0. The molecule has 0 aliphatic carbocycles. The second-order valence-electron chi connectivity index (χ2n) is 4.51. The molecule has 0 heterocycles. The largest absolute Gasteiger partial charge is 0.508 e. The lowest BCUT2D eigenvalue weighted by molar-refractivity contribution is -0.122. The van der Waals surface area contributed by atoms with Gasteiger partial charge in [-0.2, -0.15) is 0 Å². The third-order valence-corrected chi connectivity index (χ3v) is 2.77. The van der Waals surface area contributed by atoms with Crippen LogP contribution in [0.4, 0.5) is 0 Å². The SMILES string of the molecule is COCCNC(=O)CN(C)Cc1cc(OC)ccc1O. The number of nitrogens with zero attached hydrogens (tertiary/aromatic N) is 1. The van der Waals surface area contributed by atoms with Gasteiger partial charge < -0.3 is 19.9 Å². The number of rotatable bonds is 8. The highest BCUT2D eigenvalue weighted by Crippen LogP contribution is 2.23. The molecule has 0 bridgehead atoms. The molecular formula is C14H22N2O4. The summed E-state index contributed by atoms with van der Waals surface area (Å²) in [5, 5.41) is 12.5. The highest BCUT2D eigenvalue weighted by molar-refractivity contribution is 5.77. The van der Waals surface area contributed by atoms with Crippen molar-refractivity contribution in [1.29, 1.82) is 0 Å². The van der Waals surface area contributed by atoms with Crippen molar-refractivity contribution in [3.05, 3.63) is 23.8 Å². The molecule has 0 atom stereocenters. The van der Waals surface area contributed by atoms with Crippen LogP contribution in [-0.4, -0.2) is 56.9 Å². The summed E-state index contributed by atoms with van der Waals surface area (Å²) in [5.41, 5.74) is 0.719. The molecule has 0 aromatic heterocycles. The Balaban J connectivity index is 2.49. The number of hydrogen-bond acceptors (Lipinski definition) is 5. The summed E-state index contributed by atoms with van der Waals surface area (Å²) in [7, 11) is 4.97. The molecular weight excluding hydrogens is 260 g/mol. The maximum Gasteiger partial charge on any atom is 0.234 e. The van der Waals surface area contributed by atoms with Gasteiger partial charge in [0.25, 0.3) is 0 Å². The van der Waals surface area contributed by atoms with Crippen LogP contribution in [-0.2, 0) is 16.1 Å². The molecule has 0 saturated heterocycles. The standard InChI is InChI=1S/C14H22N2O4/c1-16(10-14(18)15-6-7-19-2)9-11-8-12(20-3)4-5-13(11)17/h4-5,8,17H,6-7,9-10H2,1-3H3,(H,15,18). The van der Waals surface area contributed by atoms with Crippen LogP contribution in [0.15, 0.2) is 18.2 Å². The van der Waals surface area contributed by atoms with Gasteiger partial charge in [-0.25, -0.2) is 0 Å². The number of benzene rings is 1. The van der Waals surface area contributed by atoms with Crippen molar-refractivity contribution in [2.45, 2.75) is 6.54 Å². The molecule has 20 heavy (non-hydrogen) atoms. The maximum absolute atomic E-state index is 11.6. The van der Waals surface area contributed by atoms with Crippen LogP contribution in [0.2, 0.25) is 0 Å². The van der Waals surface area contributed by atoms with Crippen LogP contribution in [0.1, 0.15) is 5.56 Å². The van der Waals surface area contributed by atoms with Gasteiger partial charge in [0.05, 0.1) is 20.3 Å². The molecule has 1 aromatic carbocycles. The fraction of sp³-hybridized carbons (Fsp3) is 0.500. The predicted octanol–water partition coefficient (Wildman–Crippen LogP) is 0.595. The minimum Gasteiger partial charge on any atom is -0.508 e. The Morgan fingerprint density at radius 3 is 2.80 bits per heavy atom. The second kappa shape index (κ2) is 8.39. The molecule has 1 amide bonds. The van der Waals surface area contributed by atoms with Crippen molar-refractivity contribution >= 4 is 5.91 Å². The molecule has 0 aliphatic heterocycles. The average Bonchev–Trinajstić information content (AvgIpc) is 2.41. The number of phenols is 1. The number of carbonyl (C=O) groups excluding carboxylic acids is 1. The summed E-state index contributed by atoms with van der Waals surface area (Å²) in [4.78, 5) is 13.4. The predicted molar refractivity (Wildman–Crippen MR) is 75.9 cm³/mol. The van der Waals surface area contributed by atoms with Gasteiger partial charge in [-0.05, 0) is 25.2 Å². The molecule has 1 rings (SSSR count). The first-order chi connectivity index (χ1) is 9.56. The highest BCUT2D eigenvalue weighted by Gasteiger charge is 2.10. The number of phenolic OH excluding ortho intramolecular Hbond substituents is 1. The van der Waals surface area contributed by atoms with Crippen LogP contribution in [0, 0.1) is 0 Å². The van der Waals surface area contributed by atoms with E-state index in [9.17, 15) is 9.90 Å². The van der Waals surface area contributed by atoms with Crippen LogP contribution in [0.25, 0.3) is 0 Å². The molecule has 0 spiro atoms. The average molecular weight is 282 g/mol. The third kappa shape index (κ3) is 5.46. The molecule has 6 heteroatoms. The lowest BCUT2D eigenvalue weighted by Crippen LogP contribution is -2.36. The van der Waals surface area contributed by atoms with E-state index >= 15 is 0 Å². The van der Waals surface area contributed by atoms with Gasteiger partial charge in [0.1, 0.15) is 11.5 Å². The molecule has 112 valence electrons. The Morgan fingerprint density at radius 2 is 2.15 bits per heavy atom. The zero-order valence-corrected chi connectivity index (χ0v) is 12.2. The quantitative estimate of drug-likeness (QED) is 0.683. The van der Waals surface area contributed by atoms with Gasteiger partial charge in [0.2, 0.25) is 5.91 Å². The van der Waals surface area contributed by atoms with E-state index in [1.54, 1.807) is 32.4 Å². The van der Waals surface area contributed by atoms with E-state index in [4.69, 9.17) is 9.47 Å². The van der Waals surface area contributed by atoms with E-state index in [0.29, 0.717) is 25.4 Å². The number of hydrogen-bond donors (Lipinski definition) is 2. The van der Waals surface area contributed by atoms with Gasteiger partial charge in [-0.3, -0.25) is 9.69 Å². The third-order valence-electron chi connectivity index (χ3n) is 2.77. The van der Waals surface area contributed by atoms with Crippen molar-refractivity contribution in [3.8, 4) is 11.5 Å². The smallest absolute Gasteiger partial charge is 0.234 e. The van der Waals surface area contributed by atoms with E-state index < -0.39 is 0 Å². The number of nitrogens with one attached hydrogen (secondary N) is 1. The first kappa shape index (κ1) is 16.3. The summed E-state index contributed by atoms with van der Waals surface area (Å²) in [6, 6.07) is 5.03. The molecule has 0 fully saturated rings. The monoisotopic (exact) mass is 282 g/mol. The summed E-state index contributed by atoms with van der Waals surface area (Å²) in [6.07, 6.45) is 0. The fourth-order valence-electron chi connectivity index (χ4n) is 1.76. The topological polar surface area (TPSA) is 71.0 Å². The summed E-state index contributed by atoms with van der Waals surface area (Å²) in [5.74, 6) is 0.792.